The Labute approximate surface area is 150 Å². The normalized spacial score (nSPS) is 10.6. The van der Waals surface area contributed by atoms with E-state index in [1.54, 1.807) is 30.1 Å². The maximum Gasteiger partial charge on any atom is 0.207 e. The molecule has 0 aliphatic heterocycles. The number of nitrogens with zero attached hydrogens (tertiary/aromatic N) is 2. The maximum atomic E-state index is 5.98. The average Bonchev–Trinajstić information content (AvgIpc) is 2.89. The number of aryl methyl sites for hydroxylation is 1. The minimum absolute atomic E-state index is 0.380. The molecule has 0 spiro atoms. The Morgan fingerprint density at radius 3 is 2.83 bits per heavy atom. The highest BCUT2D eigenvalue weighted by Crippen LogP contribution is 2.37. The highest BCUT2D eigenvalue weighted by atomic mass is 35.5. The van der Waals surface area contributed by atoms with Crippen molar-refractivity contribution < 1.29 is 4.74 Å². The molecular weight excluding hydrogens is 342 g/mol. The molecule has 0 saturated carbocycles. The van der Waals surface area contributed by atoms with Gasteiger partial charge in [-0.2, -0.15) is 0 Å². The number of H-pyrrole nitrogens is 1. The fourth-order valence-electron chi connectivity index (χ4n) is 2.18. The predicted octanol–water partition coefficient (Wildman–Crippen LogP) is 5.85. The molecule has 0 atom stereocenters. The van der Waals surface area contributed by atoms with Crippen LogP contribution in [0.5, 0.6) is 11.6 Å². The molecule has 4 nitrogen and oxygen atoms in total. The molecule has 0 bridgehead atoms. The lowest BCUT2D eigenvalue weighted by Gasteiger charge is -2.07. The zero-order valence-corrected chi connectivity index (χ0v) is 14.9. The van der Waals surface area contributed by atoms with Crippen molar-refractivity contribution in [2.24, 2.45) is 0 Å². The van der Waals surface area contributed by atoms with Crippen LogP contribution in [0.2, 0.25) is 5.15 Å². The summed E-state index contributed by atoms with van der Waals surface area (Å²) in [4.78, 5) is 12.8. The van der Waals surface area contributed by atoms with Crippen LogP contribution >= 0.6 is 23.4 Å². The molecule has 3 aromatic rings. The van der Waals surface area contributed by atoms with E-state index in [1.807, 2.05) is 38.1 Å². The number of nitrogens with one attached hydrogen (secondary N) is 1. The molecule has 3 aromatic heterocycles. The van der Waals surface area contributed by atoms with Crippen LogP contribution in [0.3, 0.4) is 0 Å². The lowest BCUT2D eigenvalue weighted by Crippen LogP contribution is -1.90. The van der Waals surface area contributed by atoms with Gasteiger partial charge < -0.3 is 9.72 Å². The van der Waals surface area contributed by atoms with Crippen molar-refractivity contribution in [3.8, 4) is 22.9 Å². The smallest absolute Gasteiger partial charge is 0.207 e. The van der Waals surface area contributed by atoms with Gasteiger partial charge in [-0.05, 0) is 43.0 Å². The molecule has 24 heavy (non-hydrogen) atoms. The lowest BCUT2D eigenvalue weighted by atomic mass is 10.2. The molecule has 3 rings (SSSR count). The molecule has 0 fully saturated rings. The van der Waals surface area contributed by atoms with Crippen LogP contribution in [-0.2, 0) is 0 Å². The molecule has 0 saturated heterocycles. The Balaban J connectivity index is 2.02. The largest absolute Gasteiger partial charge is 0.440 e. The molecule has 0 aromatic carbocycles. The van der Waals surface area contributed by atoms with Crippen molar-refractivity contribution >= 4 is 23.4 Å². The van der Waals surface area contributed by atoms with Crippen LogP contribution in [0.4, 0.5) is 0 Å². The quantitative estimate of drug-likeness (QED) is 0.459. The number of aromatic amines is 1. The van der Waals surface area contributed by atoms with Gasteiger partial charge in [0.05, 0.1) is 16.3 Å². The molecule has 3 heterocycles. The highest BCUT2D eigenvalue weighted by molar-refractivity contribution is 8.03. The van der Waals surface area contributed by atoms with Crippen LogP contribution < -0.4 is 4.74 Å². The molecule has 0 unspecified atom stereocenters. The van der Waals surface area contributed by atoms with Gasteiger partial charge in [-0.25, -0.2) is 4.98 Å². The van der Waals surface area contributed by atoms with Crippen LogP contribution in [0.15, 0.2) is 59.1 Å². The summed E-state index contributed by atoms with van der Waals surface area (Å²) in [5.41, 5.74) is 2.67. The second kappa shape index (κ2) is 7.11. The maximum absolute atomic E-state index is 5.98. The first-order valence-electron chi connectivity index (χ1n) is 7.31. The number of hydrogen-bond donors (Lipinski definition) is 1. The van der Waals surface area contributed by atoms with Gasteiger partial charge in [0.15, 0.2) is 0 Å². The Hall–Kier alpha value is -2.24. The van der Waals surface area contributed by atoms with Gasteiger partial charge in [0, 0.05) is 18.0 Å². The lowest BCUT2D eigenvalue weighted by molar-refractivity contribution is 0.464. The number of halogens is 1. The van der Waals surface area contributed by atoms with Crippen molar-refractivity contribution in [2.75, 3.05) is 0 Å². The highest BCUT2D eigenvalue weighted by Gasteiger charge is 2.15. The van der Waals surface area contributed by atoms with Crippen LogP contribution in [-0.4, -0.2) is 15.0 Å². The number of aromatic nitrogens is 3. The van der Waals surface area contributed by atoms with Crippen molar-refractivity contribution in [3.05, 3.63) is 64.9 Å². The van der Waals surface area contributed by atoms with Gasteiger partial charge in [-0.15, -0.1) is 0 Å². The Kier molecular flexibility index (Phi) is 4.92. The minimum atomic E-state index is 0.380. The van der Waals surface area contributed by atoms with Crippen molar-refractivity contribution in [2.45, 2.75) is 18.9 Å². The third kappa shape index (κ3) is 3.99. The monoisotopic (exact) mass is 357 g/mol. The topological polar surface area (TPSA) is 50.8 Å². The zero-order chi connectivity index (χ0) is 17.1. The summed E-state index contributed by atoms with van der Waals surface area (Å²) >= 11 is 7.48. The van der Waals surface area contributed by atoms with Crippen molar-refractivity contribution in [1.29, 1.82) is 0 Å². The van der Waals surface area contributed by atoms with Gasteiger partial charge in [-0.1, -0.05) is 36.0 Å². The average molecular weight is 358 g/mol. The van der Waals surface area contributed by atoms with Crippen LogP contribution in [0.25, 0.3) is 11.3 Å². The van der Waals surface area contributed by atoms with Gasteiger partial charge >= 0.3 is 0 Å². The first-order chi connectivity index (χ1) is 11.5. The van der Waals surface area contributed by atoms with E-state index in [4.69, 9.17) is 16.3 Å². The number of hydrogen-bond acceptors (Lipinski definition) is 4. The molecule has 0 aliphatic carbocycles. The van der Waals surface area contributed by atoms with Crippen LogP contribution in [0, 0.1) is 6.92 Å². The third-order valence-corrected chi connectivity index (χ3v) is 4.12. The molecule has 122 valence electrons. The molecule has 0 amide bonds. The van der Waals surface area contributed by atoms with E-state index < -0.39 is 0 Å². The zero-order valence-electron chi connectivity index (χ0n) is 13.3. The summed E-state index contributed by atoms with van der Waals surface area (Å²) in [5, 5.41) is 1.32. The number of rotatable bonds is 5. The first-order valence-corrected chi connectivity index (χ1v) is 8.50. The fourth-order valence-corrected chi connectivity index (χ4v) is 3.04. The van der Waals surface area contributed by atoms with Gasteiger partial charge in [0.2, 0.25) is 5.88 Å². The summed E-state index contributed by atoms with van der Waals surface area (Å²) < 4.78 is 5.98. The predicted molar refractivity (Wildman–Crippen MR) is 98.8 cm³/mol. The molecule has 6 heteroatoms. The number of ether oxygens (including phenoxy) is 1. The van der Waals surface area contributed by atoms with Gasteiger partial charge in [-0.3, -0.25) is 4.98 Å². The van der Waals surface area contributed by atoms with E-state index in [-0.39, 0.29) is 0 Å². The summed E-state index contributed by atoms with van der Waals surface area (Å²) in [5.74, 6) is 1.22. The van der Waals surface area contributed by atoms with Crippen LogP contribution in [0.1, 0.15) is 12.6 Å². The second-order valence-electron chi connectivity index (χ2n) is 5.26. The van der Waals surface area contributed by atoms with Gasteiger partial charge in [0.25, 0.3) is 0 Å². The number of thioether (sulfide) groups is 1. The third-order valence-electron chi connectivity index (χ3n) is 3.12. The first kappa shape index (κ1) is 16.6. The number of pyridine rings is 2. The SMILES string of the molecule is C=C(C)Sc1cc(-c2cccc(C)n2)c(Oc2ccnc(Cl)c2)[nH]1. The number of allylic oxidation sites excluding steroid dienone is 1. The fraction of sp³-hybridized carbons (Fsp3) is 0.111. The van der Waals surface area contributed by atoms with E-state index in [2.05, 4.69) is 21.5 Å². The van der Waals surface area contributed by atoms with E-state index >= 15 is 0 Å². The molecule has 0 radical (unpaired) electrons. The second-order valence-corrected chi connectivity index (χ2v) is 6.99. The Bertz CT molecular complexity index is 891. The van der Waals surface area contributed by atoms with E-state index in [0.29, 0.717) is 16.8 Å². The standard InChI is InChI=1S/C18H16ClN3OS/c1-11(2)24-17-10-14(15-6-4-5-12(3)21-15)18(22-17)23-13-7-8-20-16(19)9-13/h4-10,22H,1H2,2-3H3. The molecule has 1 N–H and O–H groups in total. The summed E-state index contributed by atoms with van der Waals surface area (Å²) in [6.07, 6.45) is 1.61. The van der Waals surface area contributed by atoms with Gasteiger partial charge in [0.1, 0.15) is 10.9 Å². The molecule has 0 aliphatic rings. The summed E-state index contributed by atoms with van der Waals surface area (Å²) in [6, 6.07) is 11.3. The minimum Gasteiger partial charge on any atom is -0.440 e. The van der Waals surface area contributed by atoms with E-state index in [9.17, 15) is 0 Å². The van der Waals surface area contributed by atoms with Crippen molar-refractivity contribution in [3.63, 3.8) is 0 Å². The van der Waals surface area contributed by atoms with E-state index in [1.165, 1.54) is 0 Å². The molecular formula is C18H16ClN3OS. The summed E-state index contributed by atoms with van der Waals surface area (Å²) in [6.45, 7) is 7.85. The van der Waals surface area contributed by atoms with Crippen molar-refractivity contribution in [1.82, 2.24) is 15.0 Å². The summed E-state index contributed by atoms with van der Waals surface area (Å²) in [7, 11) is 0. The van der Waals surface area contributed by atoms with E-state index in [0.717, 1.165) is 26.9 Å². The Morgan fingerprint density at radius 2 is 2.12 bits per heavy atom. The Morgan fingerprint density at radius 1 is 1.29 bits per heavy atom.